The second-order valence-electron chi connectivity index (χ2n) is 6.07. The highest BCUT2D eigenvalue weighted by Crippen LogP contribution is 2.20. The minimum atomic E-state index is -0.419. The molecule has 1 amide bonds. The van der Waals surface area contributed by atoms with Crippen LogP contribution in [0.3, 0.4) is 0 Å². The molecule has 0 spiro atoms. The average Bonchev–Trinajstić information content (AvgIpc) is 2.71. The number of nitrogens with zero attached hydrogens (tertiary/aromatic N) is 4. The molecule has 28 heavy (non-hydrogen) atoms. The molecule has 0 unspecified atom stereocenters. The lowest BCUT2D eigenvalue weighted by Gasteiger charge is -2.08. The van der Waals surface area contributed by atoms with Crippen LogP contribution in [0.4, 0.5) is 11.4 Å². The Labute approximate surface area is 161 Å². The van der Waals surface area contributed by atoms with Crippen LogP contribution in [-0.4, -0.2) is 33.2 Å². The Morgan fingerprint density at radius 1 is 1.32 bits per heavy atom. The van der Waals surface area contributed by atoms with Crippen LogP contribution in [0, 0.1) is 11.3 Å². The van der Waals surface area contributed by atoms with Crippen molar-refractivity contribution in [1.82, 2.24) is 14.6 Å². The lowest BCUT2D eigenvalue weighted by Crippen LogP contribution is -2.42. The van der Waals surface area contributed by atoms with E-state index in [1.54, 1.807) is 44.3 Å². The normalized spacial score (nSPS) is 12.8. The van der Waals surface area contributed by atoms with Gasteiger partial charge in [0.05, 0.1) is 11.1 Å². The number of carbonyl (C=O) groups is 1. The molecule has 8 heteroatoms. The molecule has 2 aromatic rings. The summed E-state index contributed by atoms with van der Waals surface area (Å²) in [5.41, 5.74) is 10.2. The van der Waals surface area contributed by atoms with Crippen LogP contribution in [-0.2, 0) is 4.79 Å². The maximum atomic E-state index is 12.7. The number of aromatic nitrogens is 2. The van der Waals surface area contributed by atoms with E-state index < -0.39 is 5.91 Å². The Kier molecular flexibility index (Phi) is 4.97. The van der Waals surface area contributed by atoms with Gasteiger partial charge in [0.1, 0.15) is 18.1 Å². The van der Waals surface area contributed by atoms with Crippen molar-refractivity contribution < 1.29 is 10.2 Å². The zero-order valence-electron chi connectivity index (χ0n) is 15.3. The number of amides is 1. The van der Waals surface area contributed by atoms with E-state index in [0.717, 1.165) is 0 Å². The van der Waals surface area contributed by atoms with Gasteiger partial charge in [0.25, 0.3) is 0 Å². The number of nitrogens with two attached hydrogens (primary N) is 2. The standard InChI is InChI=1S/C20H15N7O/c1-11-12(2)19(25-9-13(11)8-21)20(28)27-14-3-4-16(22)15(7-14)18(23)17-5-6-24-10-26-17/h3-7,10,22-23,28H,1-2H3/p+2. The number of allylic oxidation sites excluding steroid dienone is 2. The minimum absolute atomic E-state index is 0.197. The SMILES string of the molecule is CC1=C(C)C(C(=O)Nc2ccc(N)c(C(=[NH2+])c3ccncn3)c2)=[N+]=C=C1C#N. The number of hydrogen-bond acceptors (Lipinski definition) is 5. The van der Waals surface area contributed by atoms with Gasteiger partial charge < -0.3 is 11.1 Å². The highest BCUT2D eigenvalue weighted by Gasteiger charge is 2.30. The largest absolute Gasteiger partial charge is 0.408 e. The van der Waals surface area contributed by atoms with Crippen molar-refractivity contribution in [3.8, 4) is 6.07 Å². The van der Waals surface area contributed by atoms with Gasteiger partial charge in [-0.2, -0.15) is 5.26 Å². The van der Waals surface area contributed by atoms with E-state index >= 15 is 0 Å². The molecule has 5 N–H and O–H groups in total. The predicted octanol–water partition coefficient (Wildman–Crippen LogP) is -0.428. The summed E-state index contributed by atoms with van der Waals surface area (Å²) < 4.78 is 4.00. The molecule has 1 aromatic heterocycles. The van der Waals surface area contributed by atoms with Gasteiger partial charge in [-0.05, 0) is 48.4 Å². The zero-order valence-corrected chi connectivity index (χ0v) is 15.3. The van der Waals surface area contributed by atoms with Crippen LogP contribution in [0.1, 0.15) is 25.1 Å². The fourth-order valence-corrected chi connectivity index (χ4v) is 2.62. The number of nitrogen functional groups attached to an aromatic ring is 1. The van der Waals surface area contributed by atoms with Gasteiger partial charge in [0.15, 0.2) is 5.57 Å². The van der Waals surface area contributed by atoms with Crippen molar-refractivity contribution >= 4 is 34.6 Å². The second kappa shape index (κ2) is 7.52. The van der Waals surface area contributed by atoms with E-state index in [9.17, 15) is 4.79 Å². The van der Waals surface area contributed by atoms with Gasteiger partial charge in [0.2, 0.25) is 5.71 Å². The summed E-state index contributed by atoms with van der Waals surface area (Å²) in [4.78, 5) is 20.6. The molecule has 1 aromatic carbocycles. The summed E-state index contributed by atoms with van der Waals surface area (Å²) in [6, 6.07) is 8.65. The predicted molar refractivity (Wildman–Crippen MR) is 106 cm³/mol. The fraction of sp³-hybridized carbons (Fsp3) is 0.100. The first-order valence-corrected chi connectivity index (χ1v) is 8.31. The van der Waals surface area contributed by atoms with E-state index in [1.165, 1.54) is 6.33 Å². The van der Waals surface area contributed by atoms with Crippen LogP contribution in [0.15, 0.2) is 53.5 Å². The van der Waals surface area contributed by atoms with Crippen molar-refractivity contribution in [2.24, 2.45) is 0 Å². The smallest absolute Gasteiger partial charge is 0.398 e. The van der Waals surface area contributed by atoms with E-state index in [4.69, 9.17) is 16.4 Å². The van der Waals surface area contributed by atoms with E-state index in [-0.39, 0.29) is 5.71 Å². The molecule has 3 rings (SSSR count). The summed E-state index contributed by atoms with van der Waals surface area (Å²) in [5.74, 6) is 2.17. The van der Waals surface area contributed by atoms with Crippen molar-refractivity contribution in [3.05, 3.63) is 64.8 Å². The number of rotatable bonds is 4. The van der Waals surface area contributed by atoms with E-state index in [2.05, 4.69) is 25.8 Å². The molecule has 0 atom stereocenters. The number of carbonyl (C=O) groups excluding carboxylic acids is 1. The summed E-state index contributed by atoms with van der Waals surface area (Å²) in [5, 5.41) is 18.0. The van der Waals surface area contributed by atoms with Crippen LogP contribution in [0.25, 0.3) is 0 Å². The van der Waals surface area contributed by atoms with Gasteiger partial charge in [-0.25, -0.2) is 9.97 Å². The molecule has 1 aliphatic rings. The molecule has 2 heterocycles. The lowest BCUT2D eigenvalue weighted by molar-refractivity contribution is -0.112. The summed E-state index contributed by atoms with van der Waals surface area (Å²) in [6.45, 7) is 3.49. The number of nitriles is 1. The summed E-state index contributed by atoms with van der Waals surface area (Å²) >= 11 is 0. The van der Waals surface area contributed by atoms with Gasteiger partial charge in [0, 0.05) is 17.6 Å². The number of anilines is 2. The molecule has 0 fully saturated rings. The van der Waals surface area contributed by atoms with Crippen LogP contribution < -0.4 is 21.1 Å². The third kappa shape index (κ3) is 3.48. The summed E-state index contributed by atoms with van der Waals surface area (Å²) in [7, 11) is 0. The zero-order chi connectivity index (χ0) is 20.3. The van der Waals surface area contributed by atoms with Crippen molar-refractivity contribution in [2.75, 3.05) is 11.1 Å². The molecule has 0 saturated carbocycles. The Balaban J connectivity index is 1.92. The third-order valence-corrected chi connectivity index (χ3v) is 4.36. The monoisotopic (exact) mass is 371 g/mol. The molecule has 1 aliphatic heterocycles. The van der Waals surface area contributed by atoms with Gasteiger partial charge in [-0.1, -0.05) is 0 Å². The first kappa shape index (κ1) is 18.5. The molecule has 136 valence electrons. The Morgan fingerprint density at radius 3 is 2.79 bits per heavy atom. The number of nitrogens with one attached hydrogen (secondary N) is 1. The Bertz CT molecular complexity index is 1170. The van der Waals surface area contributed by atoms with Crippen LogP contribution in [0.5, 0.6) is 0 Å². The first-order valence-electron chi connectivity index (χ1n) is 8.31. The molecule has 0 saturated heterocycles. The fourth-order valence-electron chi connectivity index (χ4n) is 2.62. The van der Waals surface area contributed by atoms with E-state index in [0.29, 0.717) is 45.1 Å². The molecule has 0 radical (unpaired) electrons. The van der Waals surface area contributed by atoms with Gasteiger partial charge in [-0.3, -0.25) is 10.2 Å². The summed E-state index contributed by atoms with van der Waals surface area (Å²) in [6.07, 6.45) is 2.97. The number of hydrogen-bond donors (Lipinski definition) is 3. The van der Waals surface area contributed by atoms with Gasteiger partial charge in [-0.15, -0.1) is 0 Å². The van der Waals surface area contributed by atoms with Crippen molar-refractivity contribution in [3.63, 3.8) is 0 Å². The van der Waals surface area contributed by atoms with Crippen LogP contribution >= 0.6 is 0 Å². The Morgan fingerprint density at radius 2 is 2.11 bits per heavy atom. The Hall–Kier alpha value is -4.30. The lowest BCUT2D eigenvalue weighted by atomic mass is 9.99. The number of benzene rings is 1. The maximum Gasteiger partial charge on any atom is 0.408 e. The molecular formula is C20H17N7O+2. The minimum Gasteiger partial charge on any atom is -0.398 e. The highest BCUT2D eigenvalue weighted by atomic mass is 16.1. The highest BCUT2D eigenvalue weighted by molar-refractivity contribution is 6.49. The molecule has 8 nitrogen and oxygen atoms in total. The topological polar surface area (TPSA) is 144 Å². The quantitative estimate of drug-likeness (QED) is 0.379. The van der Waals surface area contributed by atoms with Gasteiger partial charge >= 0.3 is 17.5 Å². The molecule has 0 aliphatic carbocycles. The van der Waals surface area contributed by atoms with E-state index in [1.807, 2.05) is 6.07 Å². The van der Waals surface area contributed by atoms with Crippen LogP contribution in [0.2, 0.25) is 0 Å². The first-order chi connectivity index (χ1) is 13.4. The van der Waals surface area contributed by atoms with Crippen molar-refractivity contribution in [2.45, 2.75) is 13.8 Å². The maximum absolute atomic E-state index is 12.7. The second-order valence-corrected chi connectivity index (χ2v) is 6.07. The van der Waals surface area contributed by atoms with Crippen molar-refractivity contribution in [1.29, 1.82) is 5.26 Å². The molecule has 0 bridgehead atoms. The third-order valence-electron chi connectivity index (χ3n) is 4.36. The molecular weight excluding hydrogens is 354 g/mol. The average molecular weight is 371 g/mol.